The maximum Gasteiger partial charge on any atom is 0.0462 e. The Labute approximate surface area is 193 Å². The van der Waals surface area contributed by atoms with Gasteiger partial charge in [0.1, 0.15) is 0 Å². The van der Waals surface area contributed by atoms with Crippen molar-refractivity contribution in [1.29, 1.82) is 0 Å². The zero-order chi connectivity index (χ0) is 22.6. The smallest absolute Gasteiger partial charge is 0.0462 e. The molecule has 0 radical (unpaired) electrons. The standard InChI is InChI=1S/C30H52O/c1-19-9-8-15-29(6)25(19)11-10-24-27-13-12-26(30(27,7)16-14-28(24)29)21(3)17-20(2)23(5)22(4)18-31/h17,19,21-28,31H,8-16,18H2,1-7H3/t19-,21-,22?,23?,24+,25?,26-,27+,28+,29+,30-/m1/s1. The fourth-order valence-electron chi connectivity index (χ4n) is 9.99. The molecule has 3 unspecified atom stereocenters. The average Bonchev–Trinajstić information content (AvgIpc) is 3.09. The highest BCUT2D eigenvalue weighted by Crippen LogP contribution is 2.68. The summed E-state index contributed by atoms with van der Waals surface area (Å²) in [4.78, 5) is 0. The van der Waals surface area contributed by atoms with Crippen LogP contribution in [0.15, 0.2) is 11.6 Å². The molecule has 0 saturated heterocycles. The molecule has 0 spiro atoms. The highest BCUT2D eigenvalue weighted by atomic mass is 16.3. The second-order valence-electron chi connectivity index (χ2n) is 13.4. The van der Waals surface area contributed by atoms with Gasteiger partial charge in [0.25, 0.3) is 0 Å². The molecule has 4 aliphatic carbocycles. The van der Waals surface area contributed by atoms with Crippen molar-refractivity contribution in [2.24, 2.45) is 64.1 Å². The van der Waals surface area contributed by atoms with E-state index in [1.807, 2.05) is 0 Å². The number of allylic oxidation sites excluding steroid dienone is 2. The molecule has 31 heavy (non-hydrogen) atoms. The van der Waals surface area contributed by atoms with Crippen molar-refractivity contribution in [2.45, 2.75) is 106 Å². The summed E-state index contributed by atoms with van der Waals surface area (Å²) < 4.78 is 0. The third kappa shape index (κ3) is 3.87. The van der Waals surface area contributed by atoms with Crippen molar-refractivity contribution >= 4 is 0 Å². The molecule has 0 bridgehead atoms. The second kappa shape index (κ2) is 8.81. The first kappa shape index (κ1) is 23.8. The van der Waals surface area contributed by atoms with Crippen LogP contribution >= 0.6 is 0 Å². The monoisotopic (exact) mass is 428 g/mol. The molecule has 178 valence electrons. The van der Waals surface area contributed by atoms with Crippen LogP contribution in [0.5, 0.6) is 0 Å². The van der Waals surface area contributed by atoms with Crippen molar-refractivity contribution < 1.29 is 5.11 Å². The Morgan fingerprint density at radius 3 is 2.29 bits per heavy atom. The quantitative estimate of drug-likeness (QED) is 0.438. The van der Waals surface area contributed by atoms with E-state index in [4.69, 9.17) is 0 Å². The van der Waals surface area contributed by atoms with Gasteiger partial charge in [-0.1, -0.05) is 66.0 Å². The summed E-state index contributed by atoms with van der Waals surface area (Å²) in [6.07, 6.45) is 16.0. The van der Waals surface area contributed by atoms with Gasteiger partial charge in [-0.15, -0.1) is 0 Å². The predicted octanol–water partition coefficient (Wildman–Crippen LogP) is 8.13. The molecule has 4 aliphatic rings. The first-order chi connectivity index (χ1) is 14.6. The van der Waals surface area contributed by atoms with E-state index >= 15 is 0 Å². The van der Waals surface area contributed by atoms with Crippen LogP contribution in [0.3, 0.4) is 0 Å². The summed E-state index contributed by atoms with van der Waals surface area (Å²) in [6.45, 7) is 17.6. The highest BCUT2D eigenvalue weighted by molar-refractivity contribution is 5.13. The minimum atomic E-state index is 0.297. The maximum atomic E-state index is 9.60. The minimum absolute atomic E-state index is 0.297. The Balaban J connectivity index is 1.52. The van der Waals surface area contributed by atoms with Crippen molar-refractivity contribution in [3.63, 3.8) is 0 Å². The summed E-state index contributed by atoms with van der Waals surface area (Å²) in [7, 11) is 0. The second-order valence-corrected chi connectivity index (χ2v) is 13.4. The van der Waals surface area contributed by atoms with Crippen LogP contribution in [-0.4, -0.2) is 11.7 Å². The molecule has 0 aliphatic heterocycles. The number of hydrogen-bond acceptors (Lipinski definition) is 1. The van der Waals surface area contributed by atoms with Crippen LogP contribution in [0.2, 0.25) is 0 Å². The van der Waals surface area contributed by atoms with Gasteiger partial charge in [0.2, 0.25) is 0 Å². The first-order valence-corrected chi connectivity index (χ1v) is 13.9. The molecule has 1 nitrogen and oxygen atoms in total. The average molecular weight is 429 g/mol. The number of aliphatic hydroxyl groups is 1. The van der Waals surface area contributed by atoms with E-state index in [2.05, 4.69) is 54.5 Å². The van der Waals surface area contributed by atoms with Crippen LogP contribution in [0, 0.1) is 64.1 Å². The molecule has 0 amide bonds. The largest absolute Gasteiger partial charge is 0.396 e. The van der Waals surface area contributed by atoms with Crippen molar-refractivity contribution in [2.75, 3.05) is 6.61 Å². The van der Waals surface area contributed by atoms with E-state index in [1.54, 1.807) is 0 Å². The van der Waals surface area contributed by atoms with E-state index in [-0.39, 0.29) is 0 Å². The van der Waals surface area contributed by atoms with E-state index in [0.29, 0.717) is 35.2 Å². The molecule has 1 N–H and O–H groups in total. The van der Waals surface area contributed by atoms with Gasteiger partial charge >= 0.3 is 0 Å². The van der Waals surface area contributed by atoms with Gasteiger partial charge in [0.05, 0.1) is 0 Å². The van der Waals surface area contributed by atoms with Gasteiger partial charge in [-0.05, 0) is 116 Å². The molecular weight excluding hydrogens is 376 g/mol. The van der Waals surface area contributed by atoms with Gasteiger partial charge in [0, 0.05) is 6.61 Å². The van der Waals surface area contributed by atoms with Gasteiger partial charge < -0.3 is 5.11 Å². The SMILES string of the molecule is CC(=C[C@@H](C)[C@H]1CC[C@H]2[C@@H]3CCC4[C@H](C)CCC[C@]4(C)[C@H]3CC[C@]12C)C(C)C(C)CO. The van der Waals surface area contributed by atoms with Gasteiger partial charge in [-0.2, -0.15) is 0 Å². The summed E-state index contributed by atoms with van der Waals surface area (Å²) in [5, 5.41) is 9.60. The van der Waals surface area contributed by atoms with Crippen molar-refractivity contribution in [1.82, 2.24) is 0 Å². The topological polar surface area (TPSA) is 20.2 Å². The Hall–Kier alpha value is -0.300. The van der Waals surface area contributed by atoms with E-state index < -0.39 is 0 Å². The molecule has 4 fully saturated rings. The molecule has 1 heteroatoms. The van der Waals surface area contributed by atoms with Crippen molar-refractivity contribution in [3.8, 4) is 0 Å². The summed E-state index contributed by atoms with van der Waals surface area (Å²) in [5.74, 6) is 7.30. The zero-order valence-corrected chi connectivity index (χ0v) is 21.8. The molecule has 0 aromatic carbocycles. The number of aliphatic hydroxyl groups excluding tert-OH is 1. The van der Waals surface area contributed by atoms with Crippen LogP contribution < -0.4 is 0 Å². The Morgan fingerprint density at radius 2 is 1.58 bits per heavy atom. The van der Waals surface area contributed by atoms with E-state index in [9.17, 15) is 5.11 Å². The van der Waals surface area contributed by atoms with Crippen molar-refractivity contribution in [3.05, 3.63) is 11.6 Å². The molecule has 4 rings (SSSR count). The fraction of sp³-hybridized carbons (Fsp3) is 0.933. The predicted molar refractivity (Wildman–Crippen MR) is 133 cm³/mol. The first-order valence-electron chi connectivity index (χ1n) is 13.9. The van der Waals surface area contributed by atoms with E-state index in [0.717, 1.165) is 35.5 Å². The lowest BCUT2D eigenvalue weighted by atomic mass is 9.43. The van der Waals surface area contributed by atoms with Crippen LogP contribution in [0.1, 0.15) is 106 Å². The van der Waals surface area contributed by atoms with Crippen LogP contribution in [0.25, 0.3) is 0 Å². The Morgan fingerprint density at radius 1 is 0.903 bits per heavy atom. The normalized spacial score (nSPS) is 48.3. The number of hydrogen-bond donors (Lipinski definition) is 1. The van der Waals surface area contributed by atoms with Gasteiger partial charge in [-0.25, -0.2) is 0 Å². The lowest BCUT2D eigenvalue weighted by Crippen LogP contribution is -2.54. The number of fused-ring (bicyclic) bond motifs is 5. The van der Waals surface area contributed by atoms with Crippen LogP contribution in [-0.2, 0) is 0 Å². The minimum Gasteiger partial charge on any atom is -0.396 e. The molecule has 4 saturated carbocycles. The molecule has 0 aromatic rings. The summed E-state index contributed by atoms with van der Waals surface area (Å²) in [6, 6.07) is 0. The molecule has 11 atom stereocenters. The number of rotatable bonds is 5. The van der Waals surface area contributed by atoms with Crippen LogP contribution in [0.4, 0.5) is 0 Å². The highest BCUT2D eigenvalue weighted by Gasteiger charge is 2.60. The maximum absolute atomic E-state index is 9.60. The lowest BCUT2D eigenvalue weighted by molar-refractivity contribution is -0.126. The third-order valence-electron chi connectivity index (χ3n) is 12.1. The third-order valence-corrected chi connectivity index (χ3v) is 12.1. The zero-order valence-electron chi connectivity index (χ0n) is 21.8. The Bertz CT molecular complexity index is 665. The Kier molecular flexibility index (Phi) is 6.78. The molecule has 0 aromatic heterocycles. The van der Waals surface area contributed by atoms with Gasteiger partial charge in [0.15, 0.2) is 0 Å². The lowest BCUT2D eigenvalue weighted by Gasteiger charge is -2.62. The van der Waals surface area contributed by atoms with E-state index in [1.165, 1.54) is 63.4 Å². The fourth-order valence-corrected chi connectivity index (χ4v) is 9.99. The van der Waals surface area contributed by atoms with Gasteiger partial charge in [-0.3, -0.25) is 0 Å². The summed E-state index contributed by atoms with van der Waals surface area (Å²) in [5.41, 5.74) is 2.68. The molecule has 0 heterocycles. The molecular formula is C30H52O. The summed E-state index contributed by atoms with van der Waals surface area (Å²) >= 11 is 0.